The van der Waals surface area contributed by atoms with Gasteiger partial charge in [-0.15, -0.1) is 0 Å². The summed E-state index contributed by atoms with van der Waals surface area (Å²) in [4.78, 5) is 10.3. The minimum Gasteiger partial charge on any atom is -0.283 e. The molecule has 0 atom stereocenters. The van der Waals surface area contributed by atoms with Crippen molar-refractivity contribution in [2.75, 3.05) is 5.43 Å². The van der Waals surface area contributed by atoms with Gasteiger partial charge in [0, 0.05) is 0 Å². The van der Waals surface area contributed by atoms with E-state index in [1.807, 2.05) is 0 Å². The quantitative estimate of drug-likeness (QED) is 0.621. The smallest absolute Gasteiger partial charge is 0.283 e. The monoisotopic (exact) mass is 216 g/mol. The van der Waals surface area contributed by atoms with Crippen molar-refractivity contribution in [3.63, 3.8) is 0 Å². The van der Waals surface area contributed by atoms with Crippen molar-refractivity contribution in [2.45, 2.75) is 6.18 Å². The average Bonchev–Trinajstić information content (AvgIpc) is 2.18. The summed E-state index contributed by atoms with van der Waals surface area (Å²) in [5.41, 5.74) is 2.80. The van der Waals surface area contributed by atoms with Crippen molar-refractivity contribution in [1.82, 2.24) is 0 Å². The van der Waals surface area contributed by atoms with Crippen LogP contribution >= 0.6 is 0 Å². The van der Waals surface area contributed by atoms with Crippen LogP contribution in [0.1, 0.15) is 0 Å². The SMILES string of the molecule is O=C(C=NNc1ccccc1)C(F)(F)F. The normalized spacial score (nSPS) is 11.7. The molecular formula is C9H7F3N2O. The summed E-state index contributed by atoms with van der Waals surface area (Å²) in [6, 6.07) is 8.33. The fraction of sp³-hybridized carbons (Fsp3) is 0.111. The van der Waals surface area contributed by atoms with Gasteiger partial charge in [0.2, 0.25) is 0 Å². The summed E-state index contributed by atoms with van der Waals surface area (Å²) in [7, 11) is 0. The number of nitrogens with zero attached hydrogens (tertiary/aromatic N) is 1. The van der Waals surface area contributed by atoms with Crippen molar-refractivity contribution in [2.24, 2.45) is 5.10 Å². The Labute approximate surface area is 83.6 Å². The molecule has 80 valence electrons. The molecule has 6 heteroatoms. The van der Waals surface area contributed by atoms with Gasteiger partial charge >= 0.3 is 6.18 Å². The highest BCUT2D eigenvalue weighted by atomic mass is 19.4. The Balaban J connectivity index is 2.51. The van der Waals surface area contributed by atoms with E-state index >= 15 is 0 Å². The number of halogens is 3. The first kappa shape index (κ1) is 11.2. The van der Waals surface area contributed by atoms with E-state index in [1.54, 1.807) is 30.3 Å². The van der Waals surface area contributed by atoms with E-state index in [9.17, 15) is 18.0 Å². The first-order chi connectivity index (χ1) is 7.00. The highest BCUT2D eigenvalue weighted by molar-refractivity contribution is 6.30. The molecule has 3 nitrogen and oxygen atoms in total. The van der Waals surface area contributed by atoms with Gasteiger partial charge in [0.1, 0.15) is 0 Å². The molecular weight excluding hydrogens is 209 g/mol. The molecule has 0 bridgehead atoms. The molecule has 0 fully saturated rings. The maximum atomic E-state index is 11.7. The number of hydrazone groups is 1. The van der Waals surface area contributed by atoms with Crippen molar-refractivity contribution >= 4 is 17.7 Å². The summed E-state index contributed by atoms with van der Waals surface area (Å²) < 4.78 is 35.1. The third-order valence-electron chi connectivity index (χ3n) is 1.43. The fourth-order valence-electron chi connectivity index (χ4n) is 0.751. The summed E-state index contributed by atoms with van der Waals surface area (Å²) in [5.74, 6) is -1.99. The van der Waals surface area contributed by atoms with Crippen LogP contribution in [-0.4, -0.2) is 18.2 Å². The zero-order valence-electron chi connectivity index (χ0n) is 7.45. The number of Topliss-reactive ketones (excluding diaryl/α,β-unsaturated/α-hetero) is 1. The lowest BCUT2D eigenvalue weighted by Gasteiger charge is -2.00. The number of hydrogen-bond donors (Lipinski definition) is 1. The van der Waals surface area contributed by atoms with E-state index in [0.29, 0.717) is 5.69 Å². The molecule has 1 aromatic rings. The van der Waals surface area contributed by atoms with Crippen molar-refractivity contribution in [3.05, 3.63) is 30.3 Å². The number of anilines is 1. The molecule has 0 aliphatic carbocycles. The Kier molecular flexibility index (Phi) is 3.43. The molecule has 1 rings (SSSR count). The third-order valence-corrected chi connectivity index (χ3v) is 1.43. The Morgan fingerprint density at radius 2 is 1.87 bits per heavy atom. The second-order valence-electron chi connectivity index (χ2n) is 2.60. The number of carbonyl (C=O) groups is 1. The minimum atomic E-state index is -4.87. The number of para-hydroxylation sites is 1. The van der Waals surface area contributed by atoms with E-state index < -0.39 is 12.0 Å². The molecule has 0 amide bonds. The molecule has 0 heterocycles. The van der Waals surface area contributed by atoms with Crippen molar-refractivity contribution in [3.8, 4) is 0 Å². The largest absolute Gasteiger partial charge is 0.455 e. The van der Waals surface area contributed by atoms with Gasteiger partial charge in [-0.2, -0.15) is 18.3 Å². The average molecular weight is 216 g/mol. The second-order valence-corrected chi connectivity index (χ2v) is 2.60. The molecule has 0 aromatic heterocycles. The van der Waals surface area contributed by atoms with Crippen LogP contribution in [-0.2, 0) is 4.79 Å². The van der Waals surface area contributed by atoms with Crippen LogP contribution in [0.5, 0.6) is 0 Å². The van der Waals surface area contributed by atoms with Gasteiger partial charge in [-0.05, 0) is 12.1 Å². The van der Waals surface area contributed by atoms with Crippen LogP contribution < -0.4 is 5.43 Å². The Bertz CT molecular complexity index is 359. The predicted molar refractivity (Wildman–Crippen MR) is 49.6 cm³/mol. The van der Waals surface area contributed by atoms with Crippen LogP contribution in [0.4, 0.5) is 18.9 Å². The van der Waals surface area contributed by atoms with Gasteiger partial charge in [0.25, 0.3) is 5.78 Å². The Hall–Kier alpha value is -1.85. The molecule has 0 spiro atoms. The van der Waals surface area contributed by atoms with Gasteiger partial charge in [0.15, 0.2) is 0 Å². The molecule has 0 radical (unpaired) electrons. The number of rotatable bonds is 3. The van der Waals surface area contributed by atoms with E-state index in [0.717, 1.165) is 0 Å². The summed E-state index contributed by atoms with van der Waals surface area (Å²) in [6.45, 7) is 0. The van der Waals surface area contributed by atoms with Gasteiger partial charge < -0.3 is 0 Å². The predicted octanol–water partition coefficient (Wildman–Crippen LogP) is 2.22. The second kappa shape index (κ2) is 4.59. The number of alkyl halides is 3. The molecule has 15 heavy (non-hydrogen) atoms. The molecule has 0 saturated carbocycles. The van der Waals surface area contributed by atoms with Gasteiger partial charge in [-0.25, -0.2) is 0 Å². The van der Waals surface area contributed by atoms with E-state index in [-0.39, 0.29) is 6.21 Å². The van der Waals surface area contributed by atoms with Crippen molar-refractivity contribution < 1.29 is 18.0 Å². The minimum absolute atomic E-state index is 0.201. The summed E-state index contributed by atoms with van der Waals surface area (Å²) in [6.07, 6.45) is -4.67. The van der Waals surface area contributed by atoms with Crippen LogP contribution in [0.2, 0.25) is 0 Å². The first-order valence-corrected chi connectivity index (χ1v) is 3.95. The van der Waals surface area contributed by atoms with Gasteiger partial charge in [-0.1, -0.05) is 18.2 Å². The van der Waals surface area contributed by atoms with Crippen LogP contribution in [0.25, 0.3) is 0 Å². The molecule has 1 aromatic carbocycles. The number of hydrogen-bond acceptors (Lipinski definition) is 3. The zero-order chi connectivity index (χ0) is 11.3. The topological polar surface area (TPSA) is 41.5 Å². The summed E-state index contributed by atoms with van der Waals surface area (Å²) in [5, 5.41) is 3.16. The van der Waals surface area contributed by atoms with Crippen molar-refractivity contribution in [1.29, 1.82) is 0 Å². The van der Waals surface area contributed by atoms with Crippen LogP contribution in [0.3, 0.4) is 0 Å². The van der Waals surface area contributed by atoms with E-state index in [1.165, 1.54) is 0 Å². The maximum absolute atomic E-state index is 11.7. The number of benzene rings is 1. The number of nitrogens with one attached hydrogen (secondary N) is 1. The zero-order valence-corrected chi connectivity index (χ0v) is 7.45. The Morgan fingerprint density at radius 1 is 1.27 bits per heavy atom. The number of carbonyl (C=O) groups excluding carboxylic acids is 1. The molecule has 0 aliphatic heterocycles. The maximum Gasteiger partial charge on any atom is 0.455 e. The number of ketones is 1. The highest BCUT2D eigenvalue weighted by Crippen LogP contribution is 2.14. The van der Waals surface area contributed by atoms with E-state index in [2.05, 4.69) is 10.5 Å². The lowest BCUT2D eigenvalue weighted by molar-refractivity contribution is -0.162. The van der Waals surface area contributed by atoms with Gasteiger partial charge in [-0.3, -0.25) is 10.2 Å². The molecule has 0 unspecified atom stereocenters. The summed E-state index contributed by atoms with van der Waals surface area (Å²) >= 11 is 0. The standard InChI is InChI=1S/C9H7F3N2O/c10-9(11,12)8(15)6-13-14-7-4-2-1-3-5-7/h1-6,14H. The highest BCUT2D eigenvalue weighted by Gasteiger charge is 2.36. The first-order valence-electron chi connectivity index (χ1n) is 3.95. The molecule has 0 saturated heterocycles. The van der Waals surface area contributed by atoms with Crippen LogP contribution in [0.15, 0.2) is 35.4 Å². The third kappa shape index (κ3) is 3.80. The lowest BCUT2D eigenvalue weighted by atomic mass is 10.3. The Morgan fingerprint density at radius 3 is 2.40 bits per heavy atom. The fourth-order valence-corrected chi connectivity index (χ4v) is 0.751. The van der Waals surface area contributed by atoms with E-state index in [4.69, 9.17) is 0 Å². The van der Waals surface area contributed by atoms with Gasteiger partial charge in [0.05, 0.1) is 11.9 Å². The lowest BCUT2D eigenvalue weighted by Crippen LogP contribution is -2.23. The van der Waals surface area contributed by atoms with Crippen LogP contribution in [0, 0.1) is 0 Å². The molecule has 1 N–H and O–H groups in total. The molecule has 0 aliphatic rings.